The van der Waals surface area contributed by atoms with Crippen LogP contribution in [0.3, 0.4) is 0 Å². The Labute approximate surface area is 126 Å². The van der Waals surface area contributed by atoms with Gasteiger partial charge in [-0.1, -0.05) is 40.2 Å². The SMILES string of the molecule is Cn1c(Cc2ccc(Br)cc2)nc2c(CN)cccc21. The van der Waals surface area contributed by atoms with Crippen molar-refractivity contribution in [2.45, 2.75) is 13.0 Å². The lowest BCUT2D eigenvalue weighted by Gasteiger charge is -2.03. The molecule has 102 valence electrons. The van der Waals surface area contributed by atoms with Crippen molar-refractivity contribution in [3.8, 4) is 0 Å². The van der Waals surface area contributed by atoms with Crippen molar-refractivity contribution in [3.05, 3.63) is 63.9 Å². The van der Waals surface area contributed by atoms with Crippen LogP contribution in [-0.2, 0) is 20.0 Å². The van der Waals surface area contributed by atoms with E-state index in [0.29, 0.717) is 6.54 Å². The number of nitrogens with zero attached hydrogens (tertiary/aromatic N) is 2. The van der Waals surface area contributed by atoms with Crippen LogP contribution in [0.25, 0.3) is 11.0 Å². The molecular weight excluding hydrogens is 314 g/mol. The Hall–Kier alpha value is -1.65. The maximum atomic E-state index is 5.79. The summed E-state index contributed by atoms with van der Waals surface area (Å²) in [6, 6.07) is 14.5. The Balaban J connectivity index is 2.03. The molecule has 3 rings (SSSR count). The van der Waals surface area contributed by atoms with Crippen molar-refractivity contribution in [1.82, 2.24) is 9.55 Å². The fourth-order valence-electron chi connectivity index (χ4n) is 2.43. The molecule has 0 aliphatic carbocycles. The van der Waals surface area contributed by atoms with Crippen LogP contribution in [0.2, 0.25) is 0 Å². The van der Waals surface area contributed by atoms with Crippen molar-refractivity contribution in [1.29, 1.82) is 0 Å². The Morgan fingerprint density at radius 1 is 1.15 bits per heavy atom. The normalized spacial score (nSPS) is 11.2. The van der Waals surface area contributed by atoms with E-state index >= 15 is 0 Å². The molecule has 0 unspecified atom stereocenters. The van der Waals surface area contributed by atoms with E-state index in [4.69, 9.17) is 10.7 Å². The zero-order valence-corrected chi connectivity index (χ0v) is 12.9. The number of hydrogen-bond donors (Lipinski definition) is 1. The van der Waals surface area contributed by atoms with Crippen molar-refractivity contribution in [2.24, 2.45) is 12.8 Å². The van der Waals surface area contributed by atoms with Gasteiger partial charge in [0, 0.05) is 24.5 Å². The third-order valence-corrected chi connectivity index (χ3v) is 4.11. The summed E-state index contributed by atoms with van der Waals surface area (Å²) in [6.45, 7) is 0.520. The predicted octanol–water partition coefficient (Wildman–Crippen LogP) is 3.39. The van der Waals surface area contributed by atoms with Gasteiger partial charge < -0.3 is 10.3 Å². The zero-order valence-electron chi connectivity index (χ0n) is 11.3. The molecule has 3 nitrogen and oxygen atoms in total. The molecule has 0 spiro atoms. The molecule has 0 bridgehead atoms. The van der Waals surface area contributed by atoms with E-state index in [-0.39, 0.29) is 0 Å². The molecule has 1 heterocycles. The highest BCUT2D eigenvalue weighted by molar-refractivity contribution is 9.10. The van der Waals surface area contributed by atoms with E-state index in [9.17, 15) is 0 Å². The Morgan fingerprint density at radius 2 is 1.90 bits per heavy atom. The number of halogens is 1. The molecule has 0 saturated heterocycles. The minimum absolute atomic E-state index is 0.520. The molecule has 0 saturated carbocycles. The van der Waals surface area contributed by atoms with Crippen LogP contribution in [0, 0.1) is 0 Å². The number of rotatable bonds is 3. The van der Waals surface area contributed by atoms with E-state index in [2.05, 4.69) is 57.9 Å². The lowest BCUT2D eigenvalue weighted by molar-refractivity contribution is 0.844. The van der Waals surface area contributed by atoms with Crippen molar-refractivity contribution in [2.75, 3.05) is 0 Å². The maximum Gasteiger partial charge on any atom is 0.114 e. The molecule has 0 atom stereocenters. The number of nitrogens with two attached hydrogens (primary N) is 1. The quantitative estimate of drug-likeness (QED) is 0.800. The second kappa shape index (κ2) is 5.38. The van der Waals surface area contributed by atoms with Gasteiger partial charge in [0.25, 0.3) is 0 Å². The second-order valence-electron chi connectivity index (χ2n) is 4.88. The minimum atomic E-state index is 0.520. The van der Waals surface area contributed by atoms with Gasteiger partial charge >= 0.3 is 0 Å². The molecule has 3 aromatic rings. The van der Waals surface area contributed by atoms with Gasteiger partial charge in [0.15, 0.2) is 0 Å². The molecule has 0 aliphatic heterocycles. The molecule has 1 aromatic heterocycles. The van der Waals surface area contributed by atoms with Gasteiger partial charge in [-0.2, -0.15) is 0 Å². The standard InChI is InChI=1S/C16H16BrN3/c1-20-14-4-2-3-12(10-18)16(14)19-15(20)9-11-5-7-13(17)8-6-11/h2-8H,9-10,18H2,1H3. The first kappa shape index (κ1) is 13.3. The Kier molecular flexibility index (Phi) is 3.59. The molecule has 20 heavy (non-hydrogen) atoms. The van der Waals surface area contributed by atoms with Crippen LogP contribution in [0.1, 0.15) is 17.0 Å². The van der Waals surface area contributed by atoms with Gasteiger partial charge in [-0.25, -0.2) is 4.98 Å². The summed E-state index contributed by atoms with van der Waals surface area (Å²) in [6.07, 6.45) is 0.822. The third-order valence-electron chi connectivity index (χ3n) is 3.58. The highest BCUT2D eigenvalue weighted by Crippen LogP contribution is 2.21. The lowest BCUT2D eigenvalue weighted by atomic mass is 10.1. The van der Waals surface area contributed by atoms with E-state index in [1.165, 1.54) is 5.56 Å². The topological polar surface area (TPSA) is 43.8 Å². The van der Waals surface area contributed by atoms with E-state index < -0.39 is 0 Å². The highest BCUT2D eigenvalue weighted by atomic mass is 79.9. The van der Waals surface area contributed by atoms with Crippen LogP contribution in [0.15, 0.2) is 46.9 Å². The zero-order chi connectivity index (χ0) is 14.1. The van der Waals surface area contributed by atoms with Gasteiger partial charge in [0.2, 0.25) is 0 Å². The summed E-state index contributed by atoms with van der Waals surface area (Å²) >= 11 is 3.46. The monoisotopic (exact) mass is 329 g/mol. The highest BCUT2D eigenvalue weighted by Gasteiger charge is 2.10. The fourth-order valence-corrected chi connectivity index (χ4v) is 2.69. The molecule has 2 aromatic carbocycles. The van der Waals surface area contributed by atoms with Crippen LogP contribution in [-0.4, -0.2) is 9.55 Å². The third kappa shape index (κ3) is 2.37. The van der Waals surface area contributed by atoms with Gasteiger partial charge in [0.1, 0.15) is 5.82 Å². The van der Waals surface area contributed by atoms with Gasteiger partial charge in [-0.05, 0) is 29.3 Å². The molecule has 0 aliphatic rings. The van der Waals surface area contributed by atoms with E-state index in [1.807, 2.05) is 12.1 Å². The first-order chi connectivity index (χ1) is 9.69. The summed E-state index contributed by atoms with van der Waals surface area (Å²) in [5.74, 6) is 1.06. The number of para-hydroxylation sites is 1. The number of hydrogen-bond acceptors (Lipinski definition) is 2. The van der Waals surface area contributed by atoms with Crippen molar-refractivity contribution < 1.29 is 0 Å². The number of benzene rings is 2. The second-order valence-corrected chi connectivity index (χ2v) is 5.79. The average molecular weight is 330 g/mol. The predicted molar refractivity (Wildman–Crippen MR) is 85.6 cm³/mol. The first-order valence-electron chi connectivity index (χ1n) is 6.56. The van der Waals surface area contributed by atoms with Crippen LogP contribution >= 0.6 is 15.9 Å². The van der Waals surface area contributed by atoms with Crippen molar-refractivity contribution in [3.63, 3.8) is 0 Å². The van der Waals surface area contributed by atoms with Gasteiger partial charge in [-0.3, -0.25) is 0 Å². The maximum absolute atomic E-state index is 5.79. The molecule has 4 heteroatoms. The van der Waals surface area contributed by atoms with Gasteiger partial charge in [-0.15, -0.1) is 0 Å². The lowest BCUT2D eigenvalue weighted by Crippen LogP contribution is -1.98. The minimum Gasteiger partial charge on any atom is -0.331 e. The summed E-state index contributed by atoms with van der Waals surface area (Å²) in [7, 11) is 2.06. The molecule has 0 amide bonds. The number of aromatic nitrogens is 2. The van der Waals surface area contributed by atoms with Crippen LogP contribution in [0.5, 0.6) is 0 Å². The number of fused-ring (bicyclic) bond motifs is 1. The van der Waals surface area contributed by atoms with Gasteiger partial charge in [0.05, 0.1) is 11.0 Å². The van der Waals surface area contributed by atoms with Crippen molar-refractivity contribution >= 4 is 27.0 Å². The summed E-state index contributed by atoms with van der Waals surface area (Å²) < 4.78 is 3.24. The molecule has 0 fully saturated rings. The van der Waals surface area contributed by atoms with Crippen LogP contribution < -0.4 is 5.73 Å². The summed E-state index contributed by atoms with van der Waals surface area (Å²) in [5.41, 5.74) is 10.3. The number of imidazole rings is 1. The summed E-state index contributed by atoms with van der Waals surface area (Å²) in [5, 5.41) is 0. The molecular formula is C16H16BrN3. The smallest absolute Gasteiger partial charge is 0.114 e. The molecule has 2 N–H and O–H groups in total. The fraction of sp³-hybridized carbons (Fsp3) is 0.188. The first-order valence-corrected chi connectivity index (χ1v) is 7.36. The van der Waals surface area contributed by atoms with E-state index in [1.54, 1.807) is 0 Å². The Morgan fingerprint density at radius 3 is 2.60 bits per heavy atom. The van der Waals surface area contributed by atoms with E-state index in [0.717, 1.165) is 33.3 Å². The largest absolute Gasteiger partial charge is 0.331 e. The Bertz CT molecular complexity index is 744. The van der Waals surface area contributed by atoms with Crippen LogP contribution in [0.4, 0.5) is 0 Å². The summed E-state index contributed by atoms with van der Waals surface area (Å²) in [4.78, 5) is 4.77. The number of aryl methyl sites for hydroxylation is 1. The average Bonchev–Trinajstić information content (AvgIpc) is 2.78. The molecule has 0 radical (unpaired) electrons.